The van der Waals surface area contributed by atoms with Gasteiger partial charge in [0, 0.05) is 30.9 Å². The molecule has 6 nitrogen and oxygen atoms in total. The number of rotatable bonds is 11. The SMILES string of the molecule is CCN(CC[C@@H]1CCCN1)Cc1cccc(-c2ccnc(NCCc3cccc(O)c3)n2)c1. The van der Waals surface area contributed by atoms with Crippen molar-refractivity contribution in [3.05, 3.63) is 71.9 Å². The highest BCUT2D eigenvalue weighted by Gasteiger charge is 2.15. The van der Waals surface area contributed by atoms with E-state index in [4.69, 9.17) is 4.98 Å². The molecule has 0 saturated carbocycles. The number of benzene rings is 2. The van der Waals surface area contributed by atoms with E-state index in [0.717, 1.165) is 42.9 Å². The lowest BCUT2D eigenvalue weighted by molar-refractivity contribution is 0.264. The topological polar surface area (TPSA) is 73.3 Å². The zero-order valence-electron chi connectivity index (χ0n) is 19.5. The van der Waals surface area contributed by atoms with Crippen molar-refractivity contribution in [1.82, 2.24) is 20.2 Å². The number of aromatic nitrogens is 2. The quantitative estimate of drug-likeness (QED) is 0.404. The molecular weight excluding hydrogens is 410 g/mol. The van der Waals surface area contributed by atoms with Gasteiger partial charge in [-0.2, -0.15) is 0 Å². The summed E-state index contributed by atoms with van der Waals surface area (Å²) >= 11 is 0. The number of aromatic hydroxyl groups is 1. The van der Waals surface area contributed by atoms with E-state index in [2.05, 4.69) is 51.7 Å². The van der Waals surface area contributed by atoms with Crippen molar-refractivity contribution >= 4 is 5.95 Å². The largest absolute Gasteiger partial charge is 0.508 e. The molecule has 1 aliphatic heterocycles. The van der Waals surface area contributed by atoms with E-state index >= 15 is 0 Å². The first-order chi connectivity index (χ1) is 16.2. The van der Waals surface area contributed by atoms with Crippen molar-refractivity contribution in [2.24, 2.45) is 0 Å². The molecule has 0 bridgehead atoms. The monoisotopic (exact) mass is 445 g/mol. The Bertz CT molecular complexity index is 1020. The zero-order valence-corrected chi connectivity index (χ0v) is 19.5. The minimum atomic E-state index is 0.294. The highest BCUT2D eigenvalue weighted by atomic mass is 16.3. The Kier molecular flexibility index (Phi) is 8.28. The van der Waals surface area contributed by atoms with Gasteiger partial charge in [-0.15, -0.1) is 0 Å². The van der Waals surface area contributed by atoms with Crippen LogP contribution in [0.3, 0.4) is 0 Å². The van der Waals surface area contributed by atoms with Crippen LogP contribution in [0.1, 0.15) is 37.3 Å². The molecular formula is C27H35N5O. The number of hydrogen-bond donors (Lipinski definition) is 3. The normalized spacial score (nSPS) is 15.8. The average molecular weight is 446 g/mol. The van der Waals surface area contributed by atoms with Crippen LogP contribution < -0.4 is 10.6 Å². The van der Waals surface area contributed by atoms with Crippen molar-refractivity contribution < 1.29 is 5.11 Å². The molecule has 1 atom stereocenters. The molecule has 1 aromatic heterocycles. The number of phenolic OH excluding ortho intramolecular Hbond substituents is 1. The third-order valence-electron chi connectivity index (χ3n) is 6.30. The van der Waals surface area contributed by atoms with Crippen molar-refractivity contribution in [3.63, 3.8) is 0 Å². The van der Waals surface area contributed by atoms with Gasteiger partial charge < -0.3 is 15.7 Å². The second kappa shape index (κ2) is 11.8. The molecule has 3 aromatic rings. The first-order valence-corrected chi connectivity index (χ1v) is 12.1. The second-order valence-electron chi connectivity index (χ2n) is 8.76. The predicted molar refractivity (Wildman–Crippen MR) is 134 cm³/mol. The molecule has 1 aliphatic rings. The molecule has 2 heterocycles. The molecule has 1 fully saturated rings. The summed E-state index contributed by atoms with van der Waals surface area (Å²) in [5.41, 5.74) is 4.42. The number of nitrogens with one attached hydrogen (secondary N) is 2. The first-order valence-electron chi connectivity index (χ1n) is 12.1. The molecule has 4 rings (SSSR count). The van der Waals surface area contributed by atoms with E-state index in [1.54, 1.807) is 18.3 Å². The summed E-state index contributed by atoms with van der Waals surface area (Å²) < 4.78 is 0. The van der Waals surface area contributed by atoms with Gasteiger partial charge in [-0.25, -0.2) is 9.97 Å². The fourth-order valence-electron chi connectivity index (χ4n) is 4.41. The second-order valence-corrected chi connectivity index (χ2v) is 8.76. The summed E-state index contributed by atoms with van der Waals surface area (Å²) in [5.74, 6) is 0.916. The number of phenols is 1. The van der Waals surface area contributed by atoms with E-state index in [-0.39, 0.29) is 0 Å². The Morgan fingerprint density at radius 2 is 2.00 bits per heavy atom. The van der Waals surface area contributed by atoms with E-state index in [0.29, 0.717) is 24.3 Å². The molecule has 33 heavy (non-hydrogen) atoms. The highest BCUT2D eigenvalue weighted by molar-refractivity contribution is 5.60. The minimum absolute atomic E-state index is 0.294. The van der Waals surface area contributed by atoms with Gasteiger partial charge in [0.2, 0.25) is 5.95 Å². The van der Waals surface area contributed by atoms with Crippen LogP contribution in [0.25, 0.3) is 11.3 Å². The Morgan fingerprint density at radius 1 is 1.12 bits per heavy atom. The molecule has 0 radical (unpaired) electrons. The summed E-state index contributed by atoms with van der Waals surface area (Å²) in [5, 5.41) is 16.5. The summed E-state index contributed by atoms with van der Waals surface area (Å²) in [6, 6.07) is 18.7. The van der Waals surface area contributed by atoms with Gasteiger partial charge in [0.25, 0.3) is 0 Å². The highest BCUT2D eigenvalue weighted by Crippen LogP contribution is 2.20. The Morgan fingerprint density at radius 3 is 2.82 bits per heavy atom. The lowest BCUT2D eigenvalue weighted by Crippen LogP contribution is -2.30. The minimum Gasteiger partial charge on any atom is -0.508 e. The first kappa shape index (κ1) is 23.2. The third-order valence-corrected chi connectivity index (χ3v) is 6.30. The van der Waals surface area contributed by atoms with Crippen LogP contribution in [0.5, 0.6) is 5.75 Å². The Balaban J connectivity index is 1.35. The maximum absolute atomic E-state index is 9.61. The van der Waals surface area contributed by atoms with Gasteiger partial charge in [0.05, 0.1) is 5.69 Å². The van der Waals surface area contributed by atoms with Crippen LogP contribution >= 0.6 is 0 Å². The maximum Gasteiger partial charge on any atom is 0.223 e. The number of nitrogens with zero attached hydrogens (tertiary/aromatic N) is 3. The smallest absolute Gasteiger partial charge is 0.223 e. The molecule has 0 amide bonds. The zero-order chi connectivity index (χ0) is 22.9. The summed E-state index contributed by atoms with van der Waals surface area (Å²) in [6.45, 7) is 7.25. The number of hydrogen-bond acceptors (Lipinski definition) is 6. The third kappa shape index (κ3) is 7.01. The molecule has 3 N–H and O–H groups in total. The fourth-order valence-corrected chi connectivity index (χ4v) is 4.41. The summed E-state index contributed by atoms with van der Waals surface area (Å²) in [4.78, 5) is 11.6. The number of anilines is 1. The van der Waals surface area contributed by atoms with Crippen LogP contribution in [0.15, 0.2) is 60.8 Å². The van der Waals surface area contributed by atoms with Gasteiger partial charge in [0.1, 0.15) is 5.75 Å². The van der Waals surface area contributed by atoms with Gasteiger partial charge in [-0.05, 0) is 80.7 Å². The van der Waals surface area contributed by atoms with E-state index in [1.807, 2.05) is 18.2 Å². The molecule has 6 heteroatoms. The van der Waals surface area contributed by atoms with E-state index in [1.165, 1.54) is 31.4 Å². The van der Waals surface area contributed by atoms with E-state index < -0.39 is 0 Å². The van der Waals surface area contributed by atoms with Crippen LogP contribution in [0, 0.1) is 0 Å². The summed E-state index contributed by atoms with van der Waals surface area (Å²) in [7, 11) is 0. The fraction of sp³-hybridized carbons (Fsp3) is 0.407. The van der Waals surface area contributed by atoms with Gasteiger partial charge in [-0.1, -0.05) is 37.3 Å². The summed E-state index contributed by atoms with van der Waals surface area (Å²) in [6.07, 6.45) is 6.44. The van der Waals surface area contributed by atoms with Crippen LogP contribution in [0.2, 0.25) is 0 Å². The maximum atomic E-state index is 9.61. The standard InChI is InChI=1S/C27H35N5O/c1-2-32(17-13-24-9-5-14-28-24)20-22-7-3-8-23(18-22)26-12-16-30-27(31-26)29-15-11-21-6-4-10-25(33)19-21/h3-4,6-8,10,12,16,18-19,24,28,33H,2,5,9,11,13-15,17,20H2,1H3,(H,29,30,31)/t24-/m0/s1. The molecule has 0 aliphatic carbocycles. The molecule has 174 valence electrons. The van der Waals surface area contributed by atoms with Crippen molar-refractivity contribution in [2.75, 3.05) is 31.5 Å². The van der Waals surface area contributed by atoms with Gasteiger partial charge >= 0.3 is 0 Å². The van der Waals surface area contributed by atoms with Gasteiger partial charge in [-0.3, -0.25) is 4.90 Å². The van der Waals surface area contributed by atoms with Crippen molar-refractivity contribution in [1.29, 1.82) is 0 Å². The Hall–Kier alpha value is -2.96. The van der Waals surface area contributed by atoms with Crippen LogP contribution in [-0.2, 0) is 13.0 Å². The molecule has 2 aromatic carbocycles. The van der Waals surface area contributed by atoms with Gasteiger partial charge in [0.15, 0.2) is 0 Å². The molecule has 0 unspecified atom stereocenters. The lowest BCUT2D eigenvalue weighted by Gasteiger charge is -2.22. The van der Waals surface area contributed by atoms with Crippen LogP contribution in [0.4, 0.5) is 5.95 Å². The molecule has 0 spiro atoms. The van der Waals surface area contributed by atoms with Crippen LogP contribution in [-0.4, -0.2) is 52.2 Å². The lowest BCUT2D eigenvalue weighted by atomic mass is 10.1. The van der Waals surface area contributed by atoms with E-state index in [9.17, 15) is 5.11 Å². The average Bonchev–Trinajstić information content (AvgIpc) is 3.36. The Labute approximate surface area is 197 Å². The van der Waals surface area contributed by atoms with Crippen molar-refractivity contribution in [2.45, 2.75) is 45.2 Å². The van der Waals surface area contributed by atoms with Crippen molar-refractivity contribution in [3.8, 4) is 17.0 Å². The molecule has 1 saturated heterocycles. The predicted octanol–water partition coefficient (Wildman–Crippen LogP) is 4.47.